The van der Waals surface area contributed by atoms with E-state index in [1.54, 1.807) is 0 Å². The van der Waals surface area contributed by atoms with Crippen LogP contribution in [0.25, 0.3) is 0 Å². The standard InChI is InChI=1S/C18H19NO6S/c1-12(13-7-5-4-6-8-13)19-17(20)14-9-15(18(21)24-2)11-16(10-14)25-26(3,22)23/h4-12H,1-3H3,(H,19,20)/t12-/m1/s1. The molecule has 0 bridgehead atoms. The van der Waals surface area contributed by atoms with Crippen molar-refractivity contribution in [3.05, 3.63) is 65.2 Å². The van der Waals surface area contributed by atoms with Gasteiger partial charge in [0.1, 0.15) is 5.75 Å². The molecule has 2 rings (SSSR count). The first-order valence-electron chi connectivity index (χ1n) is 7.68. The number of carbonyl (C=O) groups excluding carboxylic acids is 2. The number of esters is 1. The Labute approximate surface area is 152 Å². The second kappa shape index (κ2) is 8.01. The van der Waals surface area contributed by atoms with Gasteiger partial charge < -0.3 is 14.2 Å². The molecular formula is C18H19NO6S. The molecule has 1 amide bonds. The van der Waals surface area contributed by atoms with Crippen molar-refractivity contribution in [1.82, 2.24) is 5.32 Å². The maximum absolute atomic E-state index is 12.5. The molecule has 1 atom stereocenters. The van der Waals surface area contributed by atoms with Crippen LogP contribution in [-0.4, -0.2) is 33.7 Å². The second-order valence-electron chi connectivity index (χ2n) is 5.63. The highest BCUT2D eigenvalue weighted by atomic mass is 32.2. The molecule has 0 spiro atoms. The molecule has 0 fully saturated rings. The summed E-state index contributed by atoms with van der Waals surface area (Å²) in [5.41, 5.74) is 0.984. The molecule has 138 valence electrons. The molecule has 26 heavy (non-hydrogen) atoms. The van der Waals surface area contributed by atoms with E-state index >= 15 is 0 Å². The van der Waals surface area contributed by atoms with E-state index < -0.39 is 22.0 Å². The first-order valence-corrected chi connectivity index (χ1v) is 9.50. The van der Waals surface area contributed by atoms with Crippen LogP contribution in [-0.2, 0) is 14.9 Å². The fraction of sp³-hybridized carbons (Fsp3) is 0.222. The number of nitrogens with one attached hydrogen (secondary N) is 1. The van der Waals surface area contributed by atoms with Crippen LogP contribution in [0, 0.1) is 0 Å². The quantitative estimate of drug-likeness (QED) is 0.613. The average molecular weight is 377 g/mol. The zero-order valence-corrected chi connectivity index (χ0v) is 15.4. The third-order valence-corrected chi connectivity index (χ3v) is 3.98. The van der Waals surface area contributed by atoms with E-state index in [-0.39, 0.29) is 22.9 Å². The Morgan fingerprint density at radius 1 is 1.04 bits per heavy atom. The van der Waals surface area contributed by atoms with Gasteiger partial charge in [-0.05, 0) is 30.7 Å². The molecule has 8 heteroatoms. The van der Waals surface area contributed by atoms with Gasteiger partial charge in [0.05, 0.1) is 25.0 Å². The summed E-state index contributed by atoms with van der Waals surface area (Å²) >= 11 is 0. The van der Waals surface area contributed by atoms with E-state index in [2.05, 4.69) is 10.1 Å². The highest BCUT2D eigenvalue weighted by Gasteiger charge is 2.18. The summed E-state index contributed by atoms with van der Waals surface area (Å²) in [5, 5.41) is 2.79. The van der Waals surface area contributed by atoms with E-state index in [4.69, 9.17) is 4.18 Å². The highest BCUT2D eigenvalue weighted by Crippen LogP contribution is 2.21. The van der Waals surface area contributed by atoms with Crippen LogP contribution in [0.1, 0.15) is 39.2 Å². The van der Waals surface area contributed by atoms with Gasteiger partial charge >= 0.3 is 16.1 Å². The second-order valence-corrected chi connectivity index (χ2v) is 7.21. The molecule has 0 aromatic heterocycles. The minimum Gasteiger partial charge on any atom is -0.465 e. The number of hydrogen-bond donors (Lipinski definition) is 1. The number of hydrogen-bond acceptors (Lipinski definition) is 6. The summed E-state index contributed by atoms with van der Waals surface area (Å²) in [4.78, 5) is 24.3. The number of benzene rings is 2. The molecule has 0 aliphatic heterocycles. The molecule has 0 unspecified atom stereocenters. The predicted molar refractivity (Wildman–Crippen MR) is 95.6 cm³/mol. The van der Waals surface area contributed by atoms with Crippen LogP contribution < -0.4 is 9.50 Å². The molecule has 2 aromatic rings. The largest absolute Gasteiger partial charge is 0.465 e. The normalized spacial score (nSPS) is 12.1. The van der Waals surface area contributed by atoms with E-state index in [0.717, 1.165) is 11.8 Å². The zero-order valence-electron chi connectivity index (χ0n) is 14.6. The lowest BCUT2D eigenvalue weighted by molar-refractivity contribution is 0.0600. The molecule has 0 heterocycles. The first-order chi connectivity index (χ1) is 12.2. The molecule has 7 nitrogen and oxygen atoms in total. The SMILES string of the molecule is COC(=O)c1cc(OS(C)(=O)=O)cc(C(=O)N[C@H](C)c2ccccc2)c1. The van der Waals surface area contributed by atoms with Crippen molar-refractivity contribution in [1.29, 1.82) is 0 Å². The fourth-order valence-corrected chi connectivity index (χ4v) is 2.74. The fourth-order valence-electron chi connectivity index (χ4n) is 2.29. The lowest BCUT2D eigenvalue weighted by atomic mass is 10.1. The van der Waals surface area contributed by atoms with Crippen LogP contribution in [0.2, 0.25) is 0 Å². The van der Waals surface area contributed by atoms with Gasteiger partial charge in [0, 0.05) is 5.56 Å². The Morgan fingerprint density at radius 2 is 1.65 bits per heavy atom. The van der Waals surface area contributed by atoms with Gasteiger partial charge in [0.15, 0.2) is 0 Å². The minimum atomic E-state index is -3.82. The van der Waals surface area contributed by atoms with E-state index in [1.165, 1.54) is 25.3 Å². The molecule has 0 radical (unpaired) electrons. The molecule has 1 N–H and O–H groups in total. The van der Waals surface area contributed by atoms with Crippen molar-refractivity contribution in [3.63, 3.8) is 0 Å². The molecule has 0 aliphatic carbocycles. The Balaban J connectivity index is 2.32. The van der Waals surface area contributed by atoms with Crippen LogP contribution in [0.3, 0.4) is 0 Å². The predicted octanol–water partition coefficient (Wildman–Crippen LogP) is 2.30. The van der Waals surface area contributed by atoms with E-state index in [0.29, 0.717) is 0 Å². The van der Waals surface area contributed by atoms with Crippen molar-refractivity contribution >= 4 is 22.0 Å². The van der Waals surface area contributed by atoms with Gasteiger partial charge in [-0.3, -0.25) is 4.79 Å². The van der Waals surface area contributed by atoms with Gasteiger partial charge in [-0.15, -0.1) is 0 Å². The smallest absolute Gasteiger partial charge is 0.338 e. The molecule has 0 saturated heterocycles. The molecule has 2 aromatic carbocycles. The van der Waals surface area contributed by atoms with Crippen molar-refractivity contribution in [2.45, 2.75) is 13.0 Å². The zero-order chi connectivity index (χ0) is 19.3. The monoisotopic (exact) mass is 377 g/mol. The number of carbonyl (C=O) groups is 2. The van der Waals surface area contributed by atoms with E-state index in [9.17, 15) is 18.0 Å². The maximum atomic E-state index is 12.5. The Hall–Kier alpha value is -2.87. The third kappa shape index (κ3) is 5.32. The minimum absolute atomic E-state index is 0.00571. The summed E-state index contributed by atoms with van der Waals surface area (Å²) in [7, 11) is -2.63. The van der Waals surface area contributed by atoms with E-state index in [1.807, 2.05) is 37.3 Å². The maximum Gasteiger partial charge on any atom is 0.338 e. The summed E-state index contributed by atoms with van der Waals surface area (Å²) in [6.07, 6.45) is 0.870. The summed E-state index contributed by atoms with van der Waals surface area (Å²) in [5.74, 6) is -1.34. The highest BCUT2D eigenvalue weighted by molar-refractivity contribution is 7.86. The van der Waals surface area contributed by atoms with Gasteiger partial charge in [0.2, 0.25) is 0 Å². The summed E-state index contributed by atoms with van der Waals surface area (Å²) < 4.78 is 32.1. The van der Waals surface area contributed by atoms with Crippen molar-refractivity contribution in [2.24, 2.45) is 0 Å². The number of rotatable bonds is 6. The van der Waals surface area contributed by atoms with Crippen molar-refractivity contribution in [2.75, 3.05) is 13.4 Å². The van der Waals surface area contributed by atoms with Gasteiger partial charge in [0.25, 0.3) is 5.91 Å². The van der Waals surface area contributed by atoms with Crippen LogP contribution in [0.5, 0.6) is 5.75 Å². The van der Waals surface area contributed by atoms with Crippen molar-refractivity contribution in [3.8, 4) is 5.75 Å². The lowest BCUT2D eigenvalue weighted by Crippen LogP contribution is -2.27. The Kier molecular flexibility index (Phi) is 5.99. The van der Waals surface area contributed by atoms with Crippen molar-refractivity contribution < 1.29 is 26.9 Å². The average Bonchev–Trinajstić information content (AvgIpc) is 2.59. The summed E-state index contributed by atoms with van der Waals surface area (Å²) in [6, 6.07) is 12.8. The van der Waals surface area contributed by atoms with Crippen LogP contribution >= 0.6 is 0 Å². The van der Waals surface area contributed by atoms with Crippen LogP contribution in [0.4, 0.5) is 0 Å². The van der Waals surface area contributed by atoms with Gasteiger partial charge in [-0.2, -0.15) is 8.42 Å². The number of methoxy groups -OCH3 is 1. The first kappa shape index (κ1) is 19.5. The third-order valence-electron chi connectivity index (χ3n) is 3.48. The van der Waals surface area contributed by atoms with Gasteiger partial charge in [-0.25, -0.2) is 4.79 Å². The molecule has 0 saturated carbocycles. The van der Waals surface area contributed by atoms with Gasteiger partial charge in [-0.1, -0.05) is 30.3 Å². The summed E-state index contributed by atoms with van der Waals surface area (Å²) in [6.45, 7) is 1.81. The number of ether oxygens (including phenoxy) is 1. The lowest BCUT2D eigenvalue weighted by Gasteiger charge is -2.15. The van der Waals surface area contributed by atoms with Crippen LogP contribution in [0.15, 0.2) is 48.5 Å². The molecular weight excluding hydrogens is 358 g/mol. The number of amides is 1. The Morgan fingerprint density at radius 3 is 2.23 bits per heavy atom. The topological polar surface area (TPSA) is 98.8 Å². The molecule has 0 aliphatic rings. The Bertz CT molecular complexity index is 909.